The Balaban J connectivity index is 4.06. The summed E-state index contributed by atoms with van der Waals surface area (Å²) in [6, 6.07) is -0.0789. The highest BCUT2D eigenvalue weighted by Gasteiger charge is 2.21. The van der Waals surface area contributed by atoms with Crippen LogP contribution in [-0.2, 0) is 10.0 Å². The van der Waals surface area contributed by atoms with Crippen molar-refractivity contribution in [1.29, 1.82) is 0 Å². The molecule has 0 aromatic rings. The zero-order chi connectivity index (χ0) is 12.1. The van der Waals surface area contributed by atoms with Crippen molar-refractivity contribution in [1.82, 2.24) is 4.72 Å². The molecule has 0 heterocycles. The van der Waals surface area contributed by atoms with Crippen LogP contribution in [0.3, 0.4) is 0 Å². The monoisotopic (exact) mass is 236 g/mol. The van der Waals surface area contributed by atoms with Crippen molar-refractivity contribution in [2.45, 2.75) is 46.6 Å². The molecule has 1 atom stereocenters. The first-order valence-corrected chi connectivity index (χ1v) is 7.04. The first-order valence-electron chi connectivity index (χ1n) is 5.39. The molecule has 0 aromatic heterocycles. The molecular weight excluding hydrogens is 212 g/mol. The molecule has 0 radical (unpaired) electrons. The maximum absolute atomic E-state index is 11.6. The van der Waals surface area contributed by atoms with E-state index in [9.17, 15) is 8.42 Å². The molecular formula is C10H24N2O2S. The van der Waals surface area contributed by atoms with Crippen LogP contribution in [0.2, 0.25) is 0 Å². The summed E-state index contributed by atoms with van der Waals surface area (Å²) >= 11 is 0. The van der Waals surface area contributed by atoms with Gasteiger partial charge in [-0.3, -0.25) is 0 Å². The summed E-state index contributed by atoms with van der Waals surface area (Å²) in [6.07, 6.45) is 1.82. The lowest BCUT2D eigenvalue weighted by molar-refractivity contribution is 0.456. The standard InChI is InChI=1S/C10H24N2O2S/c1-5-6-9(11)7-12-15(13,14)8-10(2,3)4/h9,12H,5-8,11H2,1-4H3. The normalized spacial score (nSPS) is 15.3. The van der Waals surface area contributed by atoms with Gasteiger partial charge < -0.3 is 5.73 Å². The van der Waals surface area contributed by atoms with Crippen LogP contribution in [-0.4, -0.2) is 26.8 Å². The van der Waals surface area contributed by atoms with Crippen molar-refractivity contribution < 1.29 is 8.42 Å². The third kappa shape index (κ3) is 8.84. The second-order valence-corrected chi connectivity index (χ2v) is 7.02. The fourth-order valence-electron chi connectivity index (χ4n) is 1.33. The van der Waals surface area contributed by atoms with Crippen LogP contribution >= 0.6 is 0 Å². The zero-order valence-electron chi connectivity index (χ0n) is 10.2. The Kier molecular flexibility index (Phi) is 5.77. The fraction of sp³-hybridized carbons (Fsp3) is 1.00. The maximum atomic E-state index is 11.6. The number of nitrogens with two attached hydrogens (primary N) is 1. The van der Waals surface area contributed by atoms with Crippen molar-refractivity contribution in [3.63, 3.8) is 0 Å². The smallest absolute Gasteiger partial charge is 0.212 e. The molecule has 0 aliphatic carbocycles. The molecule has 4 nitrogen and oxygen atoms in total. The molecule has 0 aliphatic heterocycles. The van der Waals surface area contributed by atoms with E-state index in [4.69, 9.17) is 5.73 Å². The Bertz CT molecular complexity index is 268. The molecule has 0 aromatic carbocycles. The highest BCUT2D eigenvalue weighted by molar-refractivity contribution is 7.89. The van der Waals surface area contributed by atoms with Gasteiger partial charge in [-0.25, -0.2) is 13.1 Å². The third-order valence-corrected chi connectivity index (χ3v) is 3.70. The minimum absolute atomic E-state index is 0.0789. The molecule has 3 N–H and O–H groups in total. The van der Waals surface area contributed by atoms with E-state index >= 15 is 0 Å². The predicted molar refractivity (Wildman–Crippen MR) is 64.1 cm³/mol. The number of hydrogen-bond donors (Lipinski definition) is 2. The summed E-state index contributed by atoms with van der Waals surface area (Å²) in [6.45, 7) is 8.07. The molecule has 0 rings (SSSR count). The van der Waals surface area contributed by atoms with Crippen molar-refractivity contribution >= 4 is 10.0 Å². The summed E-state index contributed by atoms with van der Waals surface area (Å²) in [5, 5.41) is 0. The number of hydrogen-bond acceptors (Lipinski definition) is 3. The van der Waals surface area contributed by atoms with Gasteiger partial charge in [0.1, 0.15) is 0 Å². The third-order valence-electron chi connectivity index (χ3n) is 1.85. The minimum atomic E-state index is -3.18. The molecule has 0 saturated carbocycles. The summed E-state index contributed by atoms with van der Waals surface area (Å²) < 4.78 is 25.7. The van der Waals surface area contributed by atoms with Crippen LogP contribution in [0.1, 0.15) is 40.5 Å². The van der Waals surface area contributed by atoms with Crippen molar-refractivity contribution in [3.8, 4) is 0 Å². The summed E-state index contributed by atoms with van der Waals surface area (Å²) in [5.74, 6) is 0.138. The van der Waals surface area contributed by atoms with E-state index in [1.165, 1.54) is 0 Å². The number of rotatable bonds is 6. The van der Waals surface area contributed by atoms with E-state index < -0.39 is 10.0 Å². The van der Waals surface area contributed by atoms with Crippen LogP contribution in [0.15, 0.2) is 0 Å². The largest absolute Gasteiger partial charge is 0.327 e. The number of nitrogens with one attached hydrogen (secondary N) is 1. The highest BCUT2D eigenvalue weighted by Crippen LogP contribution is 2.15. The van der Waals surface area contributed by atoms with Gasteiger partial charge in [-0.2, -0.15) is 0 Å². The van der Waals surface area contributed by atoms with Crippen molar-refractivity contribution in [2.75, 3.05) is 12.3 Å². The van der Waals surface area contributed by atoms with E-state index in [-0.39, 0.29) is 17.2 Å². The summed E-state index contributed by atoms with van der Waals surface area (Å²) in [4.78, 5) is 0. The van der Waals surface area contributed by atoms with Gasteiger partial charge in [0, 0.05) is 12.6 Å². The average molecular weight is 236 g/mol. The van der Waals surface area contributed by atoms with E-state index in [1.807, 2.05) is 27.7 Å². The van der Waals surface area contributed by atoms with Crippen molar-refractivity contribution in [2.24, 2.45) is 11.1 Å². The molecule has 0 spiro atoms. The molecule has 0 amide bonds. The molecule has 0 aliphatic rings. The molecule has 1 unspecified atom stereocenters. The van der Waals surface area contributed by atoms with Crippen LogP contribution < -0.4 is 10.5 Å². The van der Waals surface area contributed by atoms with E-state index in [1.54, 1.807) is 0 Å². The molecule has 5 heteroatoms. The Morgan fingerprint density at radius 1 is 1.33 bits per heavy atom. The second-order valence-electron chi connectivity index (χ2n) is 5.22. The lowest BCUT2D eigenvalue weighted by Crippen LogP contribution is -2.40. The van der Waals surface area contributed by atoms with Gasteiger partial charge in [0.15, 0.2) is 0 Å². The topological polar surface area (TPSA) is 72.2 Å². The van der Waals surface area contributed by atoms with Crippen LogP contribution in [0.5, 0.6) is 0 Å². The highest BCUT2D eigenvalue weighted by atomic mass is 32.2. The SMILES string of the molecule is CCCC(N)CNS(=O)(=O)CC(C)(C)C. The van der Waals surface area contributed by atoms with Crippen LogP contribution in [0.25, 0.3) is 0 Å². The fourth-order valence-corrected chi connectivity index (χ4v) is 3.04. The van der Waals surface area contributed by atoms with Gasteiger partial charge in [0.05, 0.1) is 5.75 Å². The Labute approximate surface area is 93.7 Å². The van der Waals surface area contributed by atoms with E-state index in [0.717, 1.165) is 12.8 Å². The van der Waals surface area contributed by atoms with Crippen molar-refractivity contribution in [3.05, 3.63) is 0 Å². The molecule has 0 saturated heterocycles. The molecule has 0 bridgehead atoms. The first-order chi connectivity index (χ1) is 6.66. The predicted octanol–water partition coefficient (Wildman–Crippen LogP) is 1.08. The molecule has 92 valence electrons. The van der Waals surface area contributed by atoms with Gasteiger partial charge in [0.2, 0.25) is 10.0 Å². The summed E-state index contributed by atoms with van der Waals surface area (Å²) in [5.41, 5.74) is 5.51. The Hall–Kier alpha value is -0.130. The average Bonchev–Trinajstić information content (AvgIpc) is 1.97. The summed E-state index contributed by atoms with van der Waals surface area (Å²) in [7, 11) is -3.18. The van der Waals surface area contributed by atoms with Gasteiger partial charge in [-0.05, 0) is 11.8 Å². The quantitative estimate of drug-likeness (QED) is 0.725. The lowest BCUT2D eigenvalue weighted by Gasteiger charge is -2.19. The first kappa shape index (κ1) is 14.9. The van der Waals surface area contributed by atoms with E-state index in [2.05, 4.69) is 4.72 Å². The number of sulfonamides is 1. The molecule has 15 heavy (non-hydrogen) atoms. The van der Waals surface area contributed by atoms with Gasteiger partial charge in [0.25, 0.3) is 0 Å². The van der Waals surface area contributed by atoms with E-state index in [0.29, 0.717) is 6.54 Å². The lowest BCUT2D eigenvalue weighted by atomic mass is 10.0. The Morgan fingerprint density at radius 3 is 2.27 bits per heavy atom. The van der Waals surface area contributed by atoms with Gasteiger partial charge >= 0.3 is 0 Å². The maximum Gasteiger partial charge on any atom is 0.212 e. The second kappa shape index (κ2) is 5.82. The molecule has 0 fully saturated rings. The Morgan fingerprint density at radius 2 is 1.87 bits per heavy atom. The zero-order valence-corrected chi connectivity index (χ0v) is 11.0. The van der Waals surface area contributed by atoms with Crippen LogP contribution in [0, 0.1) is 5.41 Å². The minimum Gasteiger partial charge on any atom is -0.327 e. The van der Waals surface area contributed by atoms with Gasteiger partial charge in [-0.1, -0.05) is 34.1 Å². The van der Waals surface area contributed by atoms with Crippen LogP contribution in [0.4, 0.5) is 0 Å². The van der Waals surface area contributed by atoms with Gasteiger partial charge in [-0.15, -0.1) is 0 Å².